The van der Waals surface area contributed by atoms with Gasteiger partial charge in [-0.3, -0.25) is 4.79 Å². The summed E-state index contributed by atoms with van der Waals surface area (Å²) in [6.07, 6.45) is 1.70. The largest absolute Gasteiger partial charge is 0.483 e. The lowest BCUT2D eigenvalue weighted by Gasteiger charge is -2.33. The van der Waals surface area contributed by atoms with Crippen LogP contribution in [-0.2, 0) is 4.79 Å². The van der Waals surface area contributed by atoms with E-state index in [1.165, 1.54) is 5.56 Å². The molecule has 3 rings (SSSR count). The number of rotatable bonds is 5. The first kappa shape index (κ1) is 18.2. The number of benzene rings is 1. The smallest absolute Gasteiger partial charge is 0.262 e. The highest BCUT2D eigenvalue weighted by atomic mass is 16.5. The van der Waals surface area contributed by atoms with Gasteiger partial charge in [0.05, 0.1) is 11.9 Å². The first-order chi connectivity index (χ1) is 12.5. The molecule has 2 heterocycles. The van der Waals surface area contributed by atoms with E-state index in [0.717, 1.165) is 43.3 Å². The molecule has 0 unspecified atom stereocenters. The van der Waals surface area contributed by atoms with Gasteiger partial charge in [0.15, 0.2) is 6.61 Å². The van der Waals surface area contributed by atoms with Gasteiger partial charge in [-0.25, -0.2) is 4.98 Å². The predicted octanol–water partition coefficient (Wildman–Crippen LogP) is 2.47. The van der Waals surface area contributed by atoms with E-state index >= 15 is 0 Å². The van der Waals surface area contributed by atoms with Gasteiger partial charge in [-0.2, -0.15) is 0 Å². The fraction of sp³-hybridized carbons (Fsp3) is 0.400. The molecule has 1 aromatic heterocycles. The van der Waals surface area contributed by atoms with Gasteiger partial charge in [0.1, 0.15) is 11.6 Å². The average molecular weight is 354 g/mol. The van der Waals surface area contributed by atoms with Crippen LogP contribution in [0.2, 0.25) is 0 Å². The molecule has 1 N–H and O–H groups in total. The maximum atomic E-state index is 12.1. The van der Waals surface area contributed by atoms with E-state index in [-0.39, 0.29) is 12.5 Å². The predicted molar refractivity (Wildman–Crippen MR) is 104 cm³/mol. The molecule has 26 heavy (non-hydrogen) atoms. The molecule has 0 aliphatic carbocycles. The summed E-state index contributed by atoms with van der Waals surface area (Å²) in [4.78, 5) is 21.1. The van der Waals surface area contributed by atoms with Crippen molar-refractivity contribution in [2.24, 2.45) is 0 Å². The number of aromatic nitrogens is 1. The summed E-state index contributed by atoms with van der Waals surface area (Å²) in [5.74, 6) is 1.48. The molecule has 6 nitrogen and oxygen atoms in total. The number of carbonyl (C=O) groups excluding carboxylic acids is 1. The maximum absolute atomic E-state index is 12.1. The van der Waals surface area contributed by atoms with Crippen LogP contribution in [0.4, 0.5) is 11.5 Å². The minimum Gasteiger partial charge on any atom is -0.483 e. The number of anilines is 2. The summed E-state index contributed by atoms with van der Waals surface area (Å²) in [6, 6.07) is 9.74. The Balaban J connectivity index is 1.51. The Bertz CT molecular complexity index is 753. The third-order valence-electron chi connectivity index (χ3n) is 4.55. The topological polar surface area (TPSA) is 57.7 Å². The van der Waals surface area contributed by atoms with Crippen molar-refractivity contribution >= 4 is 17.4 Å². The van der Waals surface area contributed by atoms with Crippen LogP contribution in [0.1, 0.15) is 11.1 Å². The summed E-state index contributed by atoms with van der Waals surface area (Å²) in [5.41, 5.74) is 2.87. The van der Waals surface area contributed by atoms with Gasteiger partial charge in [0, 0.05) is 26.2 Å². The van der Waals surface area contributed by atoms with E-state index < -0.39 is 0 Å². The number of nitrogens with one attached hydrogen (secondary N) is 1. The molecule has 6 heteroatoms. The van der Waals surface area contributed by atoms with Crippen LogP contribution in [0.5, 0.6) is 5.75 Å². The van der Waals surface area contributed by atoms with Crippen LogP contribution in [0.25, 0.3) is 0 Å². The lowest BCUT2D eigenvalue weighted by molar-refractivity contribution is -0.118. The Hall–Kier alpha value is -2.60. The number of likely N-dealkylation sites (N-methyl/N-ethyl adjacent to an activating group) is 1. The summed E-state index contributed by atoms with van der Waals surface area (Å²) in [5, 5.41) is 2.83. The van der Waals surface area contributed by atoms with E-state index in [1.54, 1.807) is 6.20 Å². The van der Waals surface area contributed by atoms with Gasteiger partial charge in [-0.05, 0) is 44.7 Å². The highest BCUT2D eigenvalue weighted by Crippen LogP contribution is 2.19. The van der Waals surface area contributed by atoms with E-state index in [0.29, 0.717) is 5.69 Å². The Labute approximate surface area is 154 Å². The second-order valence-electron chi connectivity index (χ2n) is 6.80. The van der Waals surface area contributed by atoms with Crippen molar-refractivity contribution in [2.75, 3.05) is 50.1 Å². The molecule has 2 aromatic rings. The molecule has 1 fully saturated rings. The van der Waals surface area contributed by atoms with E-state index in [1.807, 2.05) is 44.2 Å². The Kier molecular flexibility index (Phi) is 5.73. The van der Waals surface area contributed by atoms with Crippen molar-refractivity contribution in [1.82, 2.24) is 9.88 Å². The fourth-order valence-corrected chi connectivity index (χ4v) is 2.98. The lowest BCUT2D eigenvalue weighted by Crippen LogP contribution is -2.44. The summed E-state index contributed by atoms with van der Waals surface area (Å²) < 4.78 is 5.61. The standard InChI is InChI=1S/C20H26N4O2/c1-15-4-6-18(16(2)12-15)26-14-20(25)22-17-5-7-19(21-13-17)24-10-8-23(3)9-11-24/h4-7,12-13H,8-11,14H2,1-3H3,(H,22,25). The van der Waals surface area contributed by atoms with Gasteiger partial charge < -0.3 is 19.9 Å². The number of nitrogens with zero attached hydrogens (tertiary/aromatic N) is 3. The first-order valence-electron chi connectivity index (χ1n) is 8.91. The average Bonchev–Trinajstić information content (AvgIpc) is 2.62. The lowest BCUT2D eigenvalue weighted by atomic mass is 10.1. The van der Waals surface area contributed by atoms with Crippen LogP contribution >= 0.6 is 0 Å². The van der Waals surface area contributed by atoms with Crippen LogP contribution in [-0.4, -0.2) is 55.6 Å². The summed E-state index contributed by atoms with van der Waals surface area (Å²) >= 11 is 0. The van der Waals surface area contributed by atoms with Crippen molar-refractivity contribution < 1.29 is 9.53 Å². The number of hydrogen-bond acceptors (Lipinski definition) is 5. The third-order valence-corrected chi connectivity index (χ3v) is 4.55. The molecule has 1 saturated heterocycles. The molecular weight excluding hydrogens is 328 g/mol. The van der Waals surface area contributed by atoms with Crippen LogP contribution in [0.3, 0.4) is 0 Å². The first-order valence-corrected chi connectivity index (χ1v) is 8.91. The quantitative estimate of drug-likeness (QED) is 0.894. The zero-order valence-electron chi connectivity index (χ0n) is 15.7. The number of aryl methyl sites for hydroxylation is 2. The van der Waals surface area contributed by atoms with Gasteiger partial charge in [0.2, 0.25) is 0 Å². The zero-order chi connectivity index (χ0) is 18.5. The third kappa shape index (κ3) is 4.73. The highest BCUT2D eigenvalue weighted by molar-refractivity contribution is 5.91. The number of hydrogen-bond donors (Lipinski definition) is 1. The molecule has 0 atom stereocenters. The molecule has 0 radical (unpaired) electrons. The number of piperazine rings is 1. The van der Waals surface area contributed by atoms with Crippen molar-refractivity contribution in [1.29, 1.82) is 0 Å². The van der Waals surface area contributed by atoms with Crippen LogP contribution in [0, 0.1) is 13.8 Å². The van der Waals surface area contributed by atoms with Crippen molar-refractivity contribution in [3.63, 3.8) is 0 Å². The molecule has 0 spiro atoms. The SMILES string of the molecule is Cc1ccc(OCC(=O)Nc2ccc(N3CCN(C)CC3)nc2)c(C)c1. The second kappa shape index (κ2) is 8.19. The van der Waals surface area contributed by atoms with Gasteiger partial charge >= 0.3 is 0 Å². The van der Waals surface area contributed by atoms with E-state index in [2.05, 4.69) is 27.1 Å². The molecule has 1 amide bonds. The monoisotopic (exact) mass is 354 g/mol. The minimum atomic E-state index is -0.195. The van der Waals surface area contributed by atoms with Crippen LogP contribution in [0.15, 0.2) is 36.5 Å². The van der Waals surface area contributed by atoms with Crippen molar-refractivity contribution in [3.05, 3.63) is 47.7 Å². The molecule has 1 aliphatic heterocycles. The normalized spacial score (nSPS) is 15.0. The Morgan fingerprint density at radius 3 is 2.58 bits per heavy atom. The Morgan fingerprint density at radius 1 is 1.15 bits per heavy atom. The van der Waals surface area contributed by atoms with Gasteiger partial charge in [-0.1, -0.05) is 17.7 Å². The van der Waals surface area contributed by atoms with Gasteiger partial charge in [-0.15, -0.1) is 0 Å². The fourth-order valence-electron chi connectivity index (χ4n) is 2.98. The number of pyridine rings is 1. The molecule has 1 aliphatic rings. The van der Waals surface area contributed by atoms with E-state index in [4.69, 9.17) is 4.74 Å². The molecule has 0 bridgehead atoms. The second-order valence-corrected chi connectivity index (χ2v) is 6.80. The number of amides is 1. The van der Waals surface area contributed by atoms with Crippen LogP contribution < -0.4 is 15.0 Å². The Morgan fingerprint density at radius 2 is 1.92 bits per heavy atom. The number of ether oxygens (including phenoxy) is 1. The summed E-state index contributed by atoms with van der Waals surface area (Å²) in [7, 11) is 2.13. The highest BCUT2D eigenvalue weighted by Gasteiger charge is 2.15. The van der Waals surface area contributed by atoms with E-state index in [9.17, 15) is 4.79 Å². The molecular formula is C20H26N4O2. The van der Waals surface area contributed by atoms with Crippen molar-refractivity contribution in [2.45, 2.75) is 13.8 Å². The maximum Gasteiger partial charge on any atom is 0.262 e. The number of carbonyl (C=O) groups is 1. The van der Waals surface area contributed by atoms with Gasteiger partial charge in [0.25, 0.3) is 5.91 Å². The minimum absolute atomic E-state index is 0.0237. The molecule has 0 saturated carbocycles. The summed E-state index contributed by atoms with van der Waals surface area (Å²) in [6.45, 7) is 8.00. The molecule has 1 aromatic carbocycles. The zero-order valence-corrected chi connectivity index (χ0v) is 15.7. The van der Waals surface area contributed by atoms with Crippen molar-refractivity contribution in [3.8, 4) is 5.75 Å². The molecule has 138 valence electrons.